The molecule has 0 aliphatic heterocycles. The van der Waals surface area contributed by atoms with Crippen molar-refractivity contribution in [2.45, 2.75) is 53.1 Å². The van der Waals surface area contributed by atoms with E-state index in [1.807, 2.05) is 7.05 Å². The molecule has 2 aromatic rings. The molecule has 0 saturated carbocycles. The van der Waals surface area contributed by atoms with Gasteiger partial charge in [-0.25, -0.2) is 9.97 Å². The topological polar surface area (TPSA) is 41.1 Å². The van der Waals surface area contributed by atoms with Crippen molar-refractivity contribution >= 4 is 27.4 Å². The molecule has 5 heteroatoms. The number of nitrogens with zero attached hydrogens (tertiary/aromatic N) is 3. The fourth-order valence-electron chi connectivity index (χ4n) is 2.24. The van der Waals surface area contributed by atoms with Crippen LogP contribution in [0.4, 0.5) is 5.82 Å². The number of anilines is 1. The van der Waals surface area contributed by atoms with Gasteiger partial charge in [0.05, 0.1) is 11.9 Å². The Kier molecular flexibility index (Phi) is 4.54. The van der Waals surface area contributed by atoms with Gasteiger partial charge in [0.15, 0.2) is 0 Å². The van der Waals surface area contributed by atoms with Crippen molar-refractivity contribution in [1.82, 2.24) is 14.9 Å². The first-order chi connectivity index (χ1) is 9.80. The highest BCUT2D eigenvalue weighted by molar-refractivity contribution is 7.18. The van der Waals surface area contributed by atoms with E-state index in [4.69, 9.17) is 9.97 Å². The van der Waals surface area contributed by atoms with E-state index in [0.717, 1.165) is 29.4 Å². The predicted octanol–water partition coefficient (Wildman–Crippen LogP) is 3.97. The zero-order valence-corrected chi connectivity index (χ0v) is 15.0. The van der Waals surface area contributed by atoms with Crippen LogP contribution in [0.2, 0.25) is 0 Å². The number of aromatic nitrogens is 2. The van der Waals surface area contributed by atoms with Crippen molar-refractivity contribution < 1.29 is 0 Å². The van der Waals surface area contributed by atoms with Gasteiger partial charge >= 0.3 is 0 Å². The lowest BCUT2D eigenvalue weighted by molar-refractivity contribution is 0.139. The van der Waals surface area contributed by atoms with Gasteiger partial charge in [-0.05, 0) is 46.7 Å². The highest BCUT2D eigenvalue weighted by atomic mass is 32.1. The number of hydrogen-bond donors (Lipinski definition) is 1. The fraction of sp³-hybridized carbons (Fsp3) is 0.625. The Balaban J connectivity index is 2.42. The third kappa shape index (κ3) is 3.04. The standard InChI is InChI=1S/C16H26N4S/c1-8-16(4,5)20(7)9-12-18-14(17-6)13-10(2)11(3)21-15(13)19-12/h8-9H2,1-7H3,(H,17,18,19). The summed E-state index contributed by atoms with van der Waals surface area (Å²) in [5, 5.41) is 4.40. The molecule has 1 N–H and O–H groups in total. The molecule has 2 heterocycles. The molecule has 0 aromatic carbocycles. The zero-order chi connectivity index (χ0) is 15.8. The van der Waals surface area contributed by atoms with E-state index < -0.39 is 0 Å². The summed E-state index contributed by atoms with van der Waals surface area (Å²) in [6, 6.07) is 0. The van der Waals surface area contributed by atoms with E-state index in [-0.39, 0.29) is 5.54 Å². The quantitative estimate of drug-likeness (QED) is 0.907. The first-order valence-corrected chi connectivity index (χ1v) is 8.27. The van der Waals surface area contributed by atoms with Crippen LogP contribution in [-0.4, -0.2) is 34.5 Å². The summed E-state index contributed by atoms with van der Waals surface area (Å²) < 4.78 is 0. The predicted molar refractivity (Wildman–Crippen MR) is 92.3 cm³/mol. The molecule has 21 heavy (non-hydrogen) atoms. The minimum atomic E-state index is 0.152. The maximum atomic E-state index is 4.78. The van der Waals surface area contributed by atoms with Crippen molar-refractivity contribution in [2.75, 3.05) is 19.4 Å². The number of nitrogens with one attached hydrogen (secondary N) is 1. The van der Waals surface area contributed by atoms with Gasteiger partial charge in [0, 0.05) is 17.5 Å². The van der Waals surface area contributed by atoms with E-state index in [1.165, 1.54) is 15.8 Å². The van der Waals surface area contributed by atoms with Crippen LogP contribution < -0.4 is 5.32 Å². The van der Waals surface area contributed by atoms with E-state index in [1.54, 1.807) is 11.3 Å². The van der Waals surface area contributed by atoms with E-state index >= 15 is 0 Å². The Morgan fingerprint density at radius 3 is 2.48 bits per heavy atom. The maximum absolute atomic E-state index is 4.78. The molecule has 0 atom stereocenters. The average Bonchev–Trinajstić information content (AvgIpc) is 2.73. The fourth-order valence-corrected chi connectivity index (χ4v) is 3.29. The second-order valence-corrected chi connectivity index (χ2v) is 7.43. The Morgan fingerprint density at radius 2 is 1.90 bits per heavy atom. The van der Waals surface area contributed by atoms with Crippen molar-refractivity contribution in [3.05, 3.63) is 16.3 Å². The van der Waals surface area contributed by atoms with E-state index in [2.05, 4.69) is 51.9 Å². The van der Waals surface area contributed by atoms with Gasteiger partial charge in [-0.3, -0.25) is 4.90 Å². The summed E-state index contributed by atoms with van der Waals surface area (Å²) in [5.41, 5.74) is 1.44. The van der Waals surface area contributed by atoms with Gasteiger partial charge in [-0.2, -0.15) is 0 Å². The van der Waals surface area contributed by atoms with Gasteiger partial charge in [0.25, 0.3) is 0 Å². The molecule has 0 aliphatic rings. The maximum Gasteiger partial charge on any atom is 0.146 e. The first-order valence-electron chi connectivity index (χ1n) is 7.45. The zero-order valence-electron chi connectivity index (χ0n) is 14.2. The molecular weight excluding hydrogens is 280 g/mol. The van der Waals surface area contributed by atoms with Crippen molar-refractivity contribution in [1.29, 1.82) is 0 Å². The second kappa shape index (κ2) is 5.89. The summed E-state index contributed by atoms with van der Waals surface area (Å²) in [5.74, 6) is 1.83. The highest BCUT2D eigenvalue weighted by Gasteiger charge is 2.23. The normalized spacial score (nSPS) is 12.4. The molecular formula is C16H26N4S. The van der Waals surface area contributed by atoms with Gasteiger partial charge in [0.1, 0.15) is 16.5 Å². The van der Waals surface area contributed by atoms with Crippen LogP contribution in [0.5, 0.6) is 0 Å². The van der Waals surface area contributed by atoms with Crippen LogP contribution in [0.1, 0.15) is 43.5 Å². The molecule has 2 rings (SSSR count). The molecule has 0 radical (unpaired) electrons. The molecule has 116 valence electrons. The van der Waals surface area contributed by atoms with E-state index in [0.29, 0.717) is 0 Å². The first kappa shape index (κ1) is 16.2. The number of hydrogen-bond acceptors (Lipinski definition) is 5. The molecule has 0 bridgehead atoms. The van der Waals surface area contributed by atoms with Crippen LogP contribution in [0.15, 0.2) is 0 Å². The van der Waals surface area contributed by atoms with Crippen molar-refractivity contribution in [3.8, 4) is 0 Å². The molecule has 2 aromatic heterocycles. The highest BCUT2D eigenvalue weighted by Crippen LogP contribution is 2.33. The smallest absolute Gasteiger partial charge is 0.146 e. The molecule has 4 nitrogen and oxygen atoms in total. The van der Waals surface area contributed by atoms with Crippen LogP contribution in [0, 0.1) is 13.8 Å². The van der Waals surface area contributed by atoms with Gasteiger partial charge in [-0.15, -0.1) is 11.3 Å². The SMILES string of the molecule is CCC(C)(C)N(C)Cc1nc(NC)c2c(C)c(C)sc2n1. The summed E-state index contributed by atoms with van der Waals surface area (Å²) in [6.45, 7) is 11.8. The third-order valence-corrected chi connectivity index (χ3v) is 5.69. The third-order valence-electron chi connectivity index (χ3n) is 4.59. The lowest BCUT2D eigenvalue weighted by Crippen LogP contribution is -2.40. The molecule has 0 saturated heterocycles. The van der Waals surface area contributed by atoms with Crippen LogP contribution in [-0.2, 0) is 6.54 Å². The Hall–Kier alpha value is -1.20. The lowest BCUT2D eigenvalue weighted by Gasteiger charge is -2.34. The number of aryl methyl sites for hydroxylation is 2. The van der Waals surface area contributed by atoms with Crippen molar-refractivity contribution in [2.24, 2.45) is 0 Å². The van der Waals surface area contributed by atoms with Gasteiger partial charge in [0.2, 0.25) is 0 Å². The van der Waals surface area contributed by atoms with Gasteiger partial charge < -0.3 is 5.32 Å². The summed E-state index contributed by atoms with van der Waals surface area (Å²) in [6.07, 6.45) is 1.10. The molecule has 0 spiro atoms. The minimum Gasteiger partial charge on any atom is -0.372 e. The number of rotatable bonds is 5. The summed E-state index contributed by atoms with van der Waals surface area (Å²) >= 11 is 1.75. The van der Waals surface area contributed by atoms with Gasteiger partial charge in [-0.1, -0.05) is 6.92 Å². The van der Waals surface area contributed by atoms with E-state index in [9.17, 15) is 0 Å². The second-order valence-electron chi connectivity index (χ2n) is 6.22. The van der Waals surface area contributed by atoms with Crippen LogP contribution in [0.3, 0.4) is 0 Å². The number of thiophene rings is 1. The Morgan fingerprint density at radius 1 is 1.24 bits per heavy atom. The van der Waals surface area contributed by atoms with Crippen LogP contribution >= 0.6 is 11.3 Å². The number of fused-ring (bicyclic) bond motifs is 1. The molecule has 0 amide bonds. The minimum absolute atomic E-state index is 0.152. The summed E-state index contributed by atoms with van der Waals surface area (Å²) in [7, 11) is 4.07. The lowest BCUT2D eigenvalue weighted by atomic mass is 10.00. The Bertz CT molecular complexity index is 645. The average molecular weight is 306 g/mol. The summed E-state index contributed by atoms with van der Waals surface area (Å²) in [4.78, 5) is 14.2. The van der Waals surface area contributed by atoms with Crippen LogP contribution in [0.25, 0.3) is 10.2 Å². The monoisotopic (exact) mass is 306 g/mol. The molecule has 0 fully saturated rings. The molecule has 0 aliphatic carbocycles. The molecule has 0 unspecified atom stereocenters. The van der Waals surface area contributed by atoms with Crippen molar-refractivity contribution in [3.63, 3.8) is 0 Å². The largest absolute Gasteiger partial charge is 0.372 e. The Labute approximate surface area is 131 Å².